The molecular weight excluding hydrogens is 375 g/mol. The standard InChI is InChI=1S/C17H11ClF3NO2S/c18-15-9-8-12(10-14(15)17(19,20)21)25(23,24)22-16-7-3-5-11-4-1-2-6-13(11)16/h1-10,22H. The van der Waals surface area contributed by atoms with E-state index in [4.69, 9.17) is 11.6 Å². The van der Waals surface area contributed by atoms with Crippen LogP contribution in [0.15, 0.2) is 65.6 Å². The lowest BCUT2D eigenvalue weighted by atomic mass is 10.1. The lowest BCUT2D eigenvalue weighted by molar-refractivity contribution is -0.137. The number of halogens is 4. The highest BCUT2D eigenvalue weighted by atomic mass is 35.5. The molecule has 3 nitrogen and oxygen atoms in total. The first-order chi connectivity index (χ1) is 11.7. The second-order valence-corrected chi connectivity index (χ2v) is 7.36. The van der Waals surface area contributed by atoms with E-state index in [0.717, 1.165) is 17.5 Å². The molecule has 0 aliphatic carbocycles. The van der Waals surface area contributed by atoms with Crippen LogP contribution < -0.4 is 4.72 Å². The number of hydrogen-bond donors (Lipinski definition) is 1. The van der Waals surface area contributed by atoms with Crippen LogP contribution in [-0.4, -0.2) is 8.42 Å². The molecule has 3 aromatic carbocycles. The Bertz CT molecular complexity index is 1040. The Hall–Kier alpha value is -2.25. The maximum atomic E-state index is 13.0. The molecule has 8 heteroatoms. The van der Waals surface area contributed by atoms with Gasteiger partial charge in [0.2, 0.25) is 0 Å². The van der Waals surface area contributed by atoms with Gasteiger partial charge in [-0.15, -0.1) is 0 Å². The van der Waals surface area contributed by atoms with Gasteiger partial charge in [0.15, 0.2) is 0 Å². The second kappa shape index (κ2) is 6.24. The first-order valence-electron chi connectivity index (χ1n) is 7.06. The molecule has 0 radical (unpaired) electrons. The number of fused-ring (bicyclic) bond motifs is 1. The molecule has 0 heterocycles. The molecular formula is C17H11ClF3NO2S. The third-order valence-electron chi connectivity index (χ3n) is 3.59. The van der Waals surface area contributed by atoms with Crippen molar-refractivity contribution in [3.8, 4) is 0 Å². The van der Waals surface area contributed by atoms with Crippen LogP contribution >= 0.6 is 11.6 Å². The molecule has 0 atom stereocenters. The van der Waals surface area contributed by atoms with Crippen LogP contribution in [0, 0.1) is 0 Å². The van der Waals surface area contributed by atoms with Crippen molar-refractivity contribution in [3.63, 3.8) is 0 Å². The number of benzene rings is 3. The summed E-state index contributed by atoms with van der Waals surface area (Å²) in [4.78, 5) is -0.517. The first-order valence-corrected chi connectivity index (χ1v) is 8.92. The van der Waals surface area contributed by atoms with Crippen LogP contribution in [-0.2, 0) is 16.2 Å². The van der Waals surface area contributed by atoms with E-state index in [1.165, 1.54) is 0 Å². The summed E-state index contributed by atoms with van der Waals surface area (Å²) < 4.78 is 66.2. The van der Waals surface area contributed by atoms with Crippen LogP contribution in [0.4, 0.5) is 18.9 Å². The summed E-state index contributed by atoms with van der Waals surface area (Å²) in [5, 5.41) is 0.880. The topological polar surface area (TPSA) is 46.2 Å². The zero-order valence-electron chi connectivity index (χ0n) is 12.5. The van der Waals surface area contributed by atoms with Gasteiger partial charge in [-0.1, -0.05) is 48.0 Å². The van der Waals surface area contributed by atoms with Gasteiger partial charge in [0.1, 0.15) is 0 Å². The van der Waals surface area contributed by atoms with E-state index < -0.39 is 31.7 Å². The van der Waals surface area contributed by atoms with Crippen LogP contribution in [0.2, 0.25) is 5.02 Å². The summed E-state index contributed by atoms with van der Waals surface area (Å²) in [6.07, 6.45) is -4.75. The van der Waals surface area contributed by atoms with E-state index in [1.54, 1.807) is 42.5 Å². The quantitative estimate of drug-likeness (QED) is 0.663. The molecule has 0 bridgehead atoms. The SMILES string of the molecule is O=S(=O)(Nc1cccc2ccccc12)c1ccc(Cl)c(C(F)(F)F)c1. The van der Waals surface area contributed by atoms with Crippen molar-refractivity contribution in [1.82, 2.24) is 0 Å². The smallest absolute Gasteiger partial charge is 0.279 e. The van der Waals surface area contributed by atoms with Gasteiger partial charge in [-0.25, -0.2) is 8.42 Å². The van der Waals surface area contributed by atoms with E-state index in [2.05, 4.69) is 4.72 Å². The summed E-state index contributed by atoms with van der Waals surface area (Å²) in [6.45, 7) is 0. The molecule has 3 rings (SSSR count). The van der Waals surface area contributed by atoms with Crippen molar-refractivity contribution >= 4 is 38.1 Å². The summed E-state index contributed by atoms with van der Waals surface area (Å²) in [6, 6.07) is 14.5. The summed E-state index contributed by atoms with van der Waals surface area (Å²) in [7, 11) is -4.21. The lowest BCUT2D eigenvalue weighted by Gasteiger charge is -2.13. The first kappa shape index (κ1) is 17.6. The number of rotatable bonds is 3. The number of sulfonamides is 1. The molecule has 0 saturated heterocycles. The normalized spacial score (nSPS) is 12.3. The monoisotopic (exact) mass is 385 g/mol. The summed E-state index contributed by atoms with van der Waals surface area (Å²) >= 11 is 5.53. The molecule has 0 aliphatic rings. The van der Waals surface area contributed by atoms with E-state index >= 15 is 0 Å². The fourth-order valence-electron chi connectivity index (χ4n) is 2.41. The van der Waals surface area contributed by atoms with Crippen molar-refractivity contribution in [3.05, 3.63) is 71.2 Å². The minimum atomic E-state index is -4.75. The van der Waals surface area contributed by atoms with Gasteiger partial charge in [-0.2, -0.15) is 13.2 Å². The predicted octanol–water partition coefficient (Wildman–Crippen LogP) is 5.31. The zero-order chi connectivity index (χ0) is 18.2. The molecule has 1 N–H and O–H groups in total. The Morgan fingerprint density at radius 1 is 0.920 bits per heavy atom. The molecule has 0 aromatic heterocycles. The molecule has 25 heavy (non-hydrogen) atoms. The van der Waals surface area contributed by atoms with Crippen LogP contribution in [0.25, 0.3) is 10.8 Å². The van der Waals surface area contributed by atoms with Gasteiger partial charge >= 0.3 is 6.18 Å². The van der Waals surface area contributed by atoms with E-state index in [1.807, 2.05) is 0 Å². The minimum absolute atomic E-state index is 0.279. The average molecular weight is 386 g/mol. The zero-order valence-corrected chi connectivity index (χ0v) is 14.1. The number of alkyl halides is 3. The maximum Gasteiger partial charge on any atom is 0.417 e. The van der Waals surface area contributed by atoms with E-state index in [-0.39, 0.29) is 5.69 Å². The molecule has 0 spiro atoms. The molecule has 3 aromatic rings. The van der Waals surface area contributed by atoms with Gasteiger partial charge in [0.05, 0.1) is 21.2 Å². The Morgan fingerprint density at radius 2 is 1.60 bits per heavy atom. The Balaban J connectivity index is 2.05. The molecule has 130 valence electrons. The third-order valence-corrected chi connectivity index (χ3v) is 5.28. The fraction of sp³-hybridized carbons (Fsp3) is 0.0588. The molecule has 0 fully saturated rings. The summed E-state index contributed by atoms with van der Waals surface area (Å²) in [5.41, 5.74) is -0.920. The highest BCUT2D eigenvalue weighted by molar-refractivity contribution is 7.92. The van der Waals surface area contributed by atoms with Crippen molar-refractivity contribution in [2.24, 2.45) is 0 Å². The minimum Gasteiger partial charge on any atom is -0.279 e. The van der Waals surface area contributed by atoms with Crippen molar-refractivity contribution in [2.45, 2.75) is 11.1 Å². The highest BCUT2D eigenvalue weighted by Crippen LogP contribution is 2.36. The van der Waals surface area contributed by atoms with Gasteiger partial charge in [-0.05, 0) is 29.7 Å². The molecule has 0 unspecified atom stereocenters. The van der Waals surface area contributed by atoms with Crippen molar-refractivity contribution in [2.75, 3.05) is 4.72 Å². The largest absolute Gasteiger partial charge is 0.417 e. The average Bonchev–Trinajstić information content (AvgIpc) is 2.54. The van der Waals surface area contributed by atoms with Crippen LogP contribution in [0.5, 0.6) is 0 Å². The van der Waals surface area contributed by atoms with Gasteiger partial charge in [-0.3, -0.25) is 4.72 Å². The summed E-state index contributed by atoms with van der Waals surface area (Å²) in [5.74, 6) is 0. The van der Waals surface area contributed by atoms with Crippen molar-refractivity contribution in [1.29, 1.82) is 0 Å². The Morgan fingerprint density at radius 3 is 2.32 bits per heavy atom. The van der Waals surface area contributed by atoms with E-state index in [9.17, 15) is 21.6 Å². The van der Waals surface area contributed by atoms with E-state index in [0.29, 0.717) is 11.5 Å². The Labute approximate surface area is 147 Å². The molecule has 0 saturated carbocycles. The fourth-order valence-corrected chi connectivity index (χ4v) is 3.74. The third kappa shape index (κ3) is 3.57. The second-order valence-electron chi connectivity index (χ2n) is 5.27. The number of hydrogen-bond acceptors (Lipinski definition) is 2. The van der Waals surface area contributed by atoms with Crippen LogP contribution in [0.3, 0.4) is 0 Å². The molecule has 0 amide bonds. The number of anilines is 1. The lowest BCUT2D eigenvalue weighted by Crippen LogP contribution is -2.15. The number of nitrogens with one attached hydrogen (secondary N) is 1. The molecule has 0 aliphatic heterocycles. The Kier molecular flexibility index (Phi) is 4.38. The highest BCUT2D eigenvalue weighted by Gasteiger charge is 2.34. The van der Waals surface area contributed by atoms with Crippen LogP contribution in [0.1, 0.15) is 5.56 Å². The van der Waals surface area contributed by atoms with Crippen molar-refractivity contribution < 1.29 is 21.6 Å². The maximum absolute atomic E-state index is 13.0. The van der Waals surface area contributed by atoms with Gasteiger partial charge in [0, 0.05) is 5.39 Å². The van der Waals surface area contributed by atoms with Gasteiger partial charge in [0.25, 0.3) is 10.0 Å². The van der Waals surface area contributed by atoms with Gasteiger partial charge < -0.3 is 0 Å². The predicted molar refractivity (Wildman–Crippen MR) is 91.2 cm³/mol.